The van der Waals surface area contributed by atoms with Crippen molar-refractivity contribution in [1.82, 2.24) is 15.0 Å². The Bertz CT molecular complexity index is 1400. The molecule has 0 amide bonds. The van der Waals surface area contributed by atoms with Gasteiger partial charge in [-0.1, -0.05) is 41.6 Å². The maximum absolute atomic E-state index is 11.9. The molecule has 0 saturated carbocycles. The van der Waals surface area contributed by atoms with E-state index in [9.17, 15) is 20.0 Å². The van der Waals surface area contributed by atoms with Gasteiger partial charge in [0, 0.05) is 49.9 Å². The van der Waals surface area contributed by atoms with Crippen LogP contribution in [0.5, 0.6) is 5.75 Å². The molecule has 0 spiro atoms. The quantitative estimate of drug-likeness (QED) is 0.233. The fourth-order valence-electron chi connectivity index (χ4n) is 4.32. The van der Waals surface area contributed by atoms with Crippen LogP contribution in [-0.2, 0) is 6.54 Å². The molecule has 1 aliphatic rings. The molecule has 0 atom stereocenters. The monoisotopic (exact) mass is 485 g/mol. The smallest absolute Gasteiger partial charge is 0.293 e. The molecule has 0 aliphatic carbocycles. The number of piperazine rings is 1. The summed E-state index contributed by atoms with van der Waals surface area (Å²) in [5.41, 5.74) is 2.99. The number of rotatable bonds is 7. The van der Waals surface area contributed by atoms with Crippen molar-refractivity contribution in [2.24, 2.45) is 0 Å². The molecule has 0 bridgehead atoms. The predicted molar refractivity (Wildman–Crippen MR) is 133 cm³/mol. The summed E-state index contributed by atoms with van der Waals surface area (Å²) in [6.45, 7) is 3.23. The van der Waals surface area contributed by atoms with E-state index in [-0.39, 0.29) is 22.9 Å². The zero-order chi connectivity index (χ0) is 25.1. The van der Waals surface area contributed by atoms with Crippen molar-refractivity contribution < 1.29 is 19.3 Å². The number of aromatic hydroxyl groups is 1. The van der Waals surface area contributed by atoms with Gasteiger partial charge in [0.25, 0.3) is 11.6 Å². The molecule has 36 heavy (non-hydrogen) atoms. The molecular weight excluding hydrogens is 462 g/mol. The van der Waals surface area contributed by atoms with Crippen molar-refractivity contribution in [3.63, 3.8) is 0 Å². The summed E-state index contributed by atoms with van der Waals surface area (Å²) >= 11 is 0. The number of nitro benzene ring substituents is 1. The minimum atomic E-state index is -0.392. The van der Waals surface area contributed by atoms with Crippen LogP contribution in [0, 0.1) is 10.1 Å². The highest BCUT2D eigenvalue weighted by molar-refractivity contribution is 5.79. The molecule has 1 N–H and O–H groups in total. The number of carbonyl (C=O) groups excluding carboxylic acids is 1. The number of hydrogen-bond donors (Lipinski definition) is 1. The molecule has 3 aromatic carbocycles. The van der Waals surface area contributed by atoms with Gasteiger partial charge in [-0.2, -0.15) is 4.98 Å². The van der Waals surface area contributed by atoms with Gasteiger partial charge in [0.05, 0.1) is 10.5 Å². The van der Waals surface area contributed by atoms with Crippen LogP contribution in [0.3, 0.4) is 0 Å². The number of nitrogens with zero attached hydrogens (tertiary/aromatic N) is 5. The Labute approximate surface area is 206 Å². The Morgan fingerprint density at radius 1 is 1.00 bits per heavy atom. The number of phenolic OH excluding ortho intramolecular Hbond substituents is 1. The number of carbonyl (C=O) groups is 1. The van der Waals surface area contributed by atoms with Crippen LogP contribution >= 0.6 is 0 Å². The van der Waals surface area contributed by atoms with Crippen molar-refractivity contribution in [2.75, 3.05) is 31.1 Å². The maximum atomic E-state index is 11.9. The van der Waals surface area contributed by atoms with Crippen molar-refractivity contribution >= 4 is 17.7 Å². The summed E-state index contributed by atoms with van der Waals surface area (Å²) in [4.78, 5) is 31.2. The number of aromatic nitrogens is 2. The van der Waals surface area contributed by atoms with Crippen LogP contribution in [0.25, 0.3) is 22.8 Å². The Hall–Kier alpha value is -4.57. The van der Waals surface area contributed by atoms with Gasteiger partial charge in [-0.25, -0.2) is 0 Å². The fraction of sp³-hybridized carbons (Fsp3) is 0.192. The molecule has 182 valence electrons. The van der Waals surface area contributed by atoms with Crippen LogP contribution in [0.15, 0.2) is 71.3 Å². The number of nitro groups is 1. The van der Waals surface area contributed by atoms with E-state index in [1.165, 1.54) is 12.1 Å². The van der Waals surface area contributed by atoms with E-state index < -0.39 is 4.92 Å². The molecule has 2 heterocycles. The third-order valence-corrected chi connectivity index (χ3v) is 6.22. The number of hydrogen-bond acceptors (Lipinski definition) is 9. The lowest BCUT2D eigenvalue weighted by Gasteiger charge is -2.35. The minimum Gasteiger partial charge on any atom is -0.507 e. The van der Waals surface area contributed by atoms with Crippen molar-refractivity contribution in [3.05, 3.63) is 88.0 Å². The van der Waals surface area contributed by atoms with E-state index in [1.807, 2.05) is 35.2 Å². The molecule has 10 heteroatoms. The molecule has 1 aromatic heterocycles. The Morgan fingerprint density at radius 3 is 2.50 bits per heavy atom. The Morgan fingerprint density at radius 2 is 1.78 bits per heavy atom. The molecule has 4 aromatic rings. The van der Waals surface area contributed by atoms with Gasteiger partial charge in [0.15, 0.2) is 6.29 Å². The van der Waals surface area contributed by atoms with Crippen molar-refractivity contribution in [1.29, 1.82) is 0 Å². The Kier molecular flexibility index (Phi) is 6.42. The summed E-state index contributed by atoms with van der Waals surface area (Å²) in [7, 11) is 0. The molecule has 0 unspecified atom stereocenters. The summed E-state index contributed by atoms with van der Waals surface area (Å²) in [5, 5.41) is 25.6. The van der Waals surface area contributed by atoms with Crippen LogP contribution in [0.2, 0.25) is 0 Å². The van der Waals surface area contributed by atoms with Crippen LogP contribution in [0.1, 0.15) is 15.9 Å². The van der Waals surface area contributed by atoms with Gasteiger partial charge in [-0.05, 0) is 29.8 Å². The van der Waals surface area contributed by atoms with E-state index >= 15 is 0 Å². The molecule has 0 radical (unpaired) electrons. The van der Waals surface area contributed by atoms with Crippen molar-refractivity contribution in [3.8, 4) is 28.6 Å². The van der Waals surface area contributed by atoms with Gasteiger partial charge in [-0.3, -0.25) is 19.8 Å². The average Bonchev–Trinajstić information content (AvgIpc) is 3.41. The summed E-state index contributed by atoms with van der Waals surface area (Å²) in [5.74, 6) is 0.602. The topological polar surface area (TPSA) is 126 Å². The third-order valence-electron chi connectivity index (χ3n) is 6.22. The first-order valence-corrected chi connectivity index (χ1v) is 11.4. The van der Waals surface area contributed by atoms with Gasteiger partial charge >= 0.3 is 0 Å². The molecule has 1 fully saturated rings. The van der Waals surface area contributed by atoms with Crippen LogP contribution in [0.4, 0.5) is 11.4 Å². The first-order valence-electron chi connectivity index (χ1n) is 11.4. The number of anilines is 1. The van der Waals surface area contributed by atoms with Crippen LogP contribution in [-0.4, -0.2) is 57.5 Å². The lowest BCUT2D eigenvalue weighted by Crippen LogP contribution is -2.46. The second-order valence-corrected chi connectivity index (χ2v) is 8.52. The zero-order valence-electron chi connectivity index (χ0n) is 19.3. The standard InChI is InChI=1S/C26H23N5O5/c32-17-21-14-18(6-9-24(21)33)16-29-10-12-30(13-11-29)22-8-7-20(15-23(22)31(34)35)26-27-25(28-36-26)19-4-2-1-3-5-19/h1-9,14-15,17,33H,10-13,16H2. The third kappa shape index (κ3) is 4.80. The first kappa shape index (κ1) is 23.2. The van der Waals surface area contributed by atoms with Gasteiger partial charge in [0.2, 0.25) is 5.82 Å². The van der Waals surface area contributed by atoms with Gasteiger partial charge in [0.1, 0.15) is 11.4 Å². The number of aldehydes is 1. The molecule has 1 saturated heterocycles. The van der Waals surface area contributed by atoms with E-state index in [4.69, 9.17) is 4.52 Å². The predicted octanol–water partition coefficient (Wildman–Crippen LogP) is 4.15. The number of benzene rings is 3. The largest absolute Gasteiger partial charge is 0.507 e. The SMILES string of the molecule is O=Cc1cc(CN2CCN(c3ccc(-c4nc(-c5ccccc5)no4)cc3[N+](=O)[O-])CC2)ccc1O. The second kappa shape index (κ2) is 9.96. The second-order valence-electron chi connectivity index (χ2n) is 8.52. The summed E-state index contributed by atoms with van der Waals surface area (Å²) in [6, 6.07) is 19.3. The van der Waals surface area contributed by atoms with Crippen molar-refractivity contribution in [2.45, 2.75) is 6.54 Å². The summed E-state index contributed by atoms with van der Waals surface area (Å²) < 4.78 is 5.38. The van der Waals surface area contributed by atoms with E-state index in [0.717, 1.165) is 11.1 Å². The molecule has 1 aliphatic heterocycles. The van der Waals surface area contributed by atoms with E-state index in [2.05, 4.69) is 15.0 Å². The first-order chi connectivity index (χ1) is 17.5. The lowest BCUT2D eigenvalue weighted by molar-refractivity contribution is -0.384. The highest BCUT2D eigenvalue weighted by Gasteiger charge is 2.25. The highest BCUT2D eigenvalue weighted by atomic mass is 16.6. The van der Waals surface area contributed by atoms with Crippen LogP contribution < -0.4 is 4.90 Å². The maximum Gasteiger partial charge on any atom is 0.293 e. The van der Waals surface area contributed by atoms with E-state index in [0.29, 0.717) is 56.1 Å². The minimum absolute atomic E-state index is 0.0189. The average molecular weight is 486 g/mol. The Balaban J connectivity index is 1.30. The van der Waals surface area contributed by atoms with Gasteiger partial charge < -0.3 is 14.5 Å². The van der Waals surface area contributed by atoms with Gasteiger partial charge in [-0.15, -0.1) is 0 Å². The molecular formula is C26H23N5O5. The van der Waals surface area contributed by atoms with E-state index in [1.54, 1.807) is 24.3 Å². The normalized spacial score (nSPS) is 14.1. The fourth-order valence-corrected chi connectivity index (χ4v) is 4.32. The highest BCUT2D eigenvalue weighted by Crippen LogP contribution is 2.34. The number of phenols is 1. The molecule has 10 nitrogen and oxygen atoms in total. The zero-order valence-corrected chi connectivity index (χ0v) is 19.3. The summed E-state index contributed by atoms with van der Waals surface area (Å²) in [6.07, 6.45) is 0.635. The lowest BCUT2D eigenvalue weighted by atomic mass is 10.1. The molecule has 5 rings (SSSR count).